The Morgan fingerprint density at radius 1 is 1.15 bits per heavy atom. The second-order valence-electron chi connectivity index (χ2n) is 3.54. The number of rotatable bonds is 7. The van der Waals surface area contributed by atoms with Crippen LogP contribution in [0.1, 0.15) is 51.2 Å². The molecule has 0 bridgehead atoms. The van der Waals surface area contributed by atoms with E-state index in [1.165, 1.54) is 38.5 Å². The summed E-state index contributed by atoms with van der Waals surface area (Å²) in [5.74, 6) is 1.08. The molecule has 13 heavy (non-hydrogen) atoms. The highest BCUT2D eigenvalue weighted by Crippen LogP contribution is 2.09. The molecule has 0 atom stereocenters. The molecule has 0 aromatic carbocycles. The molecule has 0 aliphatic carbocycles. The summed E-state index contributed by atoms with van der Waals surface area (Å²) in [6, 6.07) is 3.85. The molecule has 1 aromatic rings. The van der Waals surface area contributed by atoms with Crippen molar-refractivity contribution in [1.82, 2.24) is 0 Å². The Bertz CT molecular complexity index is 189. The van der Waals surface area contributed by atoms with Crippen LogP contribution in [0.5, 0.6) is 0 Å². The summed E-state index contributed by atoms with van der Waals surface area (Å²) >= 11 is 0. The first-order chi connectivity index (χ1) is 6.43. The van der Waals surface area contributed by atoms with Crippen molar-refractivity contribution in [1.29, 1.82) is 0 Å². The number of aryl methyl sites for hydroxylation is 1. The molecule has 1 radical (unpaired) electrons. The van der Waals surface area contributed by atoms with Gasteiger partial charge < -0.3 is 4.42 Å². The Balaban J connectivity index is 1.90. The van der Waals surface area contributed by atoms with Crippen molar-refractivity contribution in [3.8, 4) is 0 Å². The van der Waals surface area contributed by atoms with Crippen LogP contribution in [0.15, 0.2) is 16.5 Å². The van der Waals surface area contributed by atoms with E-state index in [0.717, 1.165) is 12.2 Å². The molecule has 0 aliphatic heterocycles. The van der Waals surface area contributed by atoms with Gasteiger partial charge in [-0.05, 0) is 18.6 Å². The van der Waals surface area contributed by atoms with Gasteiger partial charge >= 0.3 is 0 Å². The molecule has 0 saturated carbocycles. The third-order valence-corrected chi connectivity index (χ3v) is 2.30. The molecule has 1 heterocycles. The van der Waals surface area contributed by atoms with Crippen LogP contribution in [0, 0.1) is 6.26 Å². The fourth-order valence-corrected chi connectivity index (χ4v) is 1.48. The third kappa shape index (κ3) is 4.76. The van der Waals surface area contributed by atoms with Crippen LogP contribution in [0.4, 0.5) is 0 Å². The van der Waals surface area contributed by atoms with E-state index < -0.39 is 0 Å². The fourth-order valence-electron chi connectivity index (χ4n) is 1.48. The highest BCUT2D eigenvalue weighted by Gasteiger charge is 1.95. The first-order valence-corrected chi connectivity index (χ1v) is 5.38. The fraction of sp³-hybridized carbons (Fsp3) is 0.667. The zero-order valence-electron chi connectivity index (χ0n) is 8.51. The average molecular weight is 179 g/mol. The van der Waals surface area contributed by atoms with Crippen molar-refractivity contribution in [2.45, 2.75) is 51.9 Å². The van der Waals surface area contributed by atoms with Gasteiger partial charge in [0, 0.05) is 6.42 Å². The van der Waals surface area contributed by atoms with Gasteiger partial charge in [-0.2, -0.15) is 0 Å². The van der Waals surface area contributed by atoms with Gasteiger partial charge in [0.05, 0.1) is 0 Å². The number of hydrogen-bond acceptors (Lipinski definition) is 1. The maximum atomic E-state index is 5.14. The summed E-state index contributed by atoms with van der Waals surface area (Å²) in [5, 5.41) is 0. The maximum absolute atomic E-state index is 5.14. The Morgan fingerprint density at radius 3 is 2.62 bits per heavy atom. The van der Waals surface area contributed by atoms with E-state index in [1.807, 2.05) is 12.1 Å². The number of unbranched alkanes of at least 4 members (excludes halogenated alkanes) is 5. The van der Waals surface area contributed by atoms with Crippen molar-refractivity contribution in [2.75, 3.05) is 0 Å². The van der Waals surface area contributed by atoms with Gasteiger partial charge in [-0.3, -0.25) is 0 Å². The standard InChI is InChI=1S/C12H19O/c1-2-3-4-5-6-7-9-12-10-8-11-13-12/h8,10H,2-7,9H2,1H3. The molecular weight excluding hydrogens is 160 g/mol. The zero-order chi connectivity index (χ0) is 9.36. The minimum atomic E-state index is 1.08. The SMILES string of the molecule is CCCCCCCCc1cc[c]o1. The summed E-state index contributed by atoms with van der Waals surface area (Å²) in [4.78, 5) is 0. The van der Waals surface area contributed by atoms with Crippen LogP contribution in [0.2, 0.25) is 0 Å². The molecule has 0 spiro atoms. The number of furan rings is 1. The maximum Gasteiger partial charge on any atom is 0.169 e. The predicted octanol–water partition coefficient (Wildman–Crippen LogP) is 3.98. The molecule has 1 heteroatoms. The van der Waals surface area contributed by atoms with E-state index in [4.69, 9.17) is 4.42 Å². The first-order valence-electron chi connectivity index (χ1n) is 5.38. The van der Waals surface area contributed by atoms with Gasteiger partial charge in [-0.25, -0.2) is 0 Å². The lowest BCUT2D eigenvalue weighted by Crippen LogP contribution is -1.83. The van der Waals surface area contributed by atoms with Gasteiger partial charge in [0.25, 0.3) is 0 Å². The quantitative estimate of drug-likeness (QED) is 0.577. The zero-order valence-corrected chi connectivity index (χ0v) is 8.51. The largest absolute Gasteiger partial charge is 0.458 e. The summed E-state index contributed by atoms with van der Waals surface area (Å²) in [7, 11) is 0. The second-order valence-corrected chi connectivity index (χ2v) is 3.54. The van der Waals surface area contributed by atoms with E-state index in [-0.39, 0.29) is 0 Å². The number of hydrogen-bond donors (Lipinski definition) is 0. The summed E-state index contributed by atoms with van der Waals surface area (Å²) in [5.41, 5.74) is 0. The topological polar surface area (TPSA) is 13.1 Å². The Morgan fingerprint density at radius 2 is 1.92 bits per heavy atom. The molecule has 73 valence electrons. The van der Waals surface area contributed by atoms with E-state index in [9.17, 15) is 0 Å². The van der Waals surface area contributed by atoms with Crippen LogP contribution in [0.3, 0.4) is 0 Å². The van der Waals surface area contributed by atoms with Gasteiger partial charge in [0.15, 0.2) is 6.26 Å². The summed E-state index contributed by atoms with van der Waals surface area (Å²) < 4.78 is 5.14. The Labute approximate surface area is 81.1 Å². The van der Waals surface area contributed by atoms with Crippen LogP contribution in [0.25, 0.3) is 0 Å². The van der Waals surface area contributed by atoms with Gasteiger partial charge in [0.1, 0.15) is 5.76 Å². The molecule has 1 nitrogen and oxygen atoms in total. The predicted molar refractivity (Wildman–Crippen MR) is 54.6 cm³/mol. The van der Waals surface area contributed by atoms with Crippen LogP contribution in [-0.4, -0.2) is 0 Å². The Hall–Kier alpha value is -0.720. The molecule has 0 amide bonds. The molecule has 0 fully saturated rings. The van der Waals surface area contributed by atoms with E-state index in [0.29, 0.717) is 0 Å². The lowest BCUT2D eigenvalue weighted by Gasteiger charge is -1.98. The van der Waals surface area contributed by atoms with E-state index in [2.05, 4.69) is 13.2 Å². The Kier molecular flexibility index (Phi) is 5.39. The van der Waals surface area contributed by atoms with Crippen molar-refractivity contribution in [3.63, 3.8) is 0 Å². The van der Waals surface area contributed by atoms with Gasteiger partial charge in [-0.15, -0.1) is 0 Å². The highest BCUT2D eigenvalue weighted by molar-refractivity contribution is 4.96. The van der Waals surface area contributed by atoms with E-state index >= 15 is 0 Å². The van der Waals surface area contributed by atoms with Crippen LogP contribution >= 0.6 is 0 Å². The minimum absolute atomic E-state index is 1.08. The molecule has 0 aliphatic rings. The molecule has 0 unspecified atom stereocenters. The van der Waals surface area contributed by atoms with Crippen LogP contribution in [-0.2, 0) is 6.42 Å². The first kappa shape index (κ1) is 10.4. The van der Waals surface area contributed by atoms with Crippen molar-refractivity contribution in [2.24, 2.45) is 0 Å². The monoisotopic (exact) mass is 179 g/mol. The lowest BCUT2D eigenvalue weighted by molar-refractivity contribution is 0.485. The summed E-state index contributed by atoms with van der Waals surface area (Å²) in [6.07, 6.45) is 11.9. The average Bonchev–Trinajstić information content (AvgIpc) is 2.63. The van der Waals surface area contributed by atoms with Crippen molar-refractivity contribution >= 4 is 0 Å². The molecule has 1 aromatic heterocycles. The van der Waals surface area contributed by atoms with Crippen LogP contribution < -0.4 is 0 Å². The highest BCUT2D eigenvalue weighted by atomic mass is 16.3. The molecular formula is C12H19O. The smallest absolute Gasteiger partial charge is 0.169 e. The normalized spacial score (nSPS) is 10.5. The second kappa shape index (κ2) is 6.76. The van der Waals surface area contributed by atoms with Crippen molar-refractivity contribution in [3.05, 3.63) is 24.2 Å². The van der Waals surface area contributed by atoms with Gasteiger partial charge in [-0.1, -0.05) is 39.0 Å². The molecule has 0 saturated heterocycles. The molecule has 1 rings (SSSR count). The summed E-state index contributed by atoms with van der Waals surface area (Å²) in [6.45, 7) is 2.25. The van der Waals surface area contributed by atoms with E-state index in [1.54, 1.807) is 0 Å². The van der Waals surface area contributed by atoms with Gasteiger partial charge in [0.2, 0.25) is 0 Å². The van der Waals surface area contributed by atoms with Crippen molar-refractivity contribution < 1.29 is 4.42 Å². The third-order valence-electron chi connectivity index (χ3n) is 2.30. The minimum Gasteiger partial charge on any atom is -0.458 e. The molecule has 0 N–H and O–H groups in total. The lowest BCUT2D eigenvalue weighted by atomic mass is 10.1.